The highest BCUT2D eigenvalue weighted by Crippen LogP contribution is 2.16. The van der Waals surface area contributed by atoms with Gasteiger partial charge < -0.3 is 20.5 Å². The molecule has 5 nitrogen and oxygen atoms in total. The van der Waals surface area contributed by atoms with E-state index < -0.39 is 5.60 Å². The van der Waals surface area contributed by atoms with Gasteiger partial charge in [0.1, 0.15) is 5.60 Å². The van der Waals surface area contributed by atoms with Crippen molar-refractivity contribution in [2.24, 2.45) is 0 Å². The van der Waals surface area contributed by atoms with Gasteiger partial charge in [-0.3, -0.25) is 4.79 Å². The van der Waals surface area contributed by atoms with Gasteiger partial charge in [0, 0.05) is 26.1 Å². The number of rotatable bonds is 7. The van der Waals surface area contributed by atoms with Gasteiger partial charge in [-0.15, -0.1) is 0 Å². The Morgan fingerprint density at radius 1 is 1.59 bits per heavy atom. The molecule has 0 spiro atoms. The van der Waals surface area contributed by atoms with E-state index in [4.69, 9.17) is 4.74 Å². The number of unbranched alkanes of at least 4 members (excludes halogenated alkanes) is 1. The van der Waals surface area contributed by atoms with Crippen LogP contribution >= 0.6 is 0 Å². The zero-order chi connectivity index (χ0) is 12.7. The first-order valence-corrected chi connectivity index (χ1v) is 6.38. The summed E-state index contributed by atoms with van der Waals surface area (Å²) in [6.07, 6.45) is 2.69. The van der Waals surface area contributed by atoms with E-state index in [-0.39, 0.29) is 11.9 Å². The molecule has 1 heterocycles. The predicted molar refractivity (Wildman–Crippen MR) is 65.8 cm³/mol. The Morgan fingerprint density at radius 2 is 2.35 bits per heavy atom. The average Bonchev–Trinajstić information content (AvgIpc) is 2.74. The lowest BCUT2D eigenvalue weighted by Gasteiger charge is -2.23. The van der Waals surface area contributed by atoms with Crippen molar-refractivity contribution in [3.63, 3.8) is 0 Å². The van der Waals surface area contributed by atoms with Gasteiger partial charge in [-0.2, -0.15) is 0 Å². The van der Waals surface area contributed by atoms with Crippen molar-refractivity contribution in [1.29, 1.82) is 0 Å². The number of amides is 1. The second kappa shape index (κ2) is 6.93. The Labute approximate surface area is 103 Å². The van der Waals surface area contributed by atoms with Crippen molar-refractivity contribution in [2.45, 2.75) is 44.8 Å². The third-order valence-electron chi connectivity index (χ3n) is 3.04. The van der Waals surface area contributed by atoms with Crippen LogP contribution in [-0.4, -0.2) is 49.0 Å². The van der Waals surface area contributed by atoms with E-state index in [1.54, 1.807) is 6.92 Å². The first-order valence-electron chi connectivity index (χ1n) is 6.38. The first-order chi connectivity index (χ1) is 8.07. The highest BCUT2D eigenvalue weighted by atomic mass is 16.5. The minimum Gasteiger partial charge on any atom is -0.386 e. The Morgan fingerprint density at radius 3 is 2.94 bits per heavy atom. The fraction of sp³-hybridized carbons (Fsp3) is 0.917. The van der Waals surface area contributed by atoms with E-state index in [0.717, 1.165) is 12.8 Å². The summed E-state index contributed by atoms with van der Waals surface area (Å²) in [4.78, 5) is 11.6. The Kier molecular flexibility index (Phi) is 5.88. The average molecular weight is 244 g/mol. The maximum atomic E-state index is 11.6. The van der Waals surface area contributed by atoms with E-state index in [1.165, 1.54) is 0 Å². The van der Waals surface area contributed by atoms with Crippen molar-refractivity contribution in [3.8, 4) is 0 Å². The maximum Gasteiger partial charge on any atom is 0.236 e. The Balaban J connectivity index is 2.19. The van der Waals surface area contributed by atoms with Crippen LogP contribution in [0.2, 0.25) is 0 Å². The molecular formula is C12H24N2O3. The summed E-state index contributed by atoms with van der Waals surface area (Å²) in [7, 11) is 0. The van der Waals surface area contributed by atoms with Gasteiger partial charge >= 0.3 is 0 Å². The Bertz CT molecular complexity index is 240. The third-order valence-corrected chi connectivity index (χ3v) is 3.04. The first kappa shape index (κ1) is 14.4. The number of aliphatic hydroxyl groups is 1. The summed E-state index contributed by atoms with van der Waals surface area (Å²) in [5.74, 6) is -0.0130. The highest BCUT2D eigenvalue weighted by Gasteiger charge is 2.32. The predicted octanol–water partition coefficient (Wildman–Crippen LogP) is 0.0322. The van der Waals surface area contributed by atoms with Crippen LogP contribution in [0.25, 0.3) is 0 Å². The van der Waals surface area contributed by atoms with Crippen LogP contribution in [0, 0.1) is 0 Å². The van der Waals surface area contributed by atoms with Crippen molar-refractivity contribution in [1.82, 2.24) is 10.6 Å². The molecule has 1 aliphatic heterocycles. The summed E-state index contributed by atoms with van der Waals surface area (Å²) < 4.78 is 5.14. The molecule has 0 aromatic heterocycles. The molecule has 1 aliphatic rings. The zero-order valence-corrected chi connectivity index (χ0v) is 10.8. The van der Waals surface area contributed by atoms with Crippen molar-refractivity contribution in [2.75, 3.05) is 26.3 Å². The topological polar surface area (TPSA) is 70.6 Å². The number of ether oxygens (including phenoxy) is 1. The minimum atomic E-state index is -0.808. The molecule has 1 amide bonds. The lowest BCUT2D eigenvalue weighted by molar-refractivity contribution is -0.123. The van der Waals surface area contributed by atoms with Crippen molar-refractivity contribution in [3.05, 3.63) is 0 Å². The minimum absolute atomic E-state index is 0.0130. The molecule has 1 saturated heterocycles. The molecule has 0 aromatic carbocycles. The van der Waals surface area contributed by atoms with Gasteiger partial charge in [0.2, 0.25) is 5.91 Å². The number of hydrogen-bond donors (Lipinski definition) is 3. The molecule has 3 N–H and O–H groups in total. The number of nitrogens with one attached hydrogen (secondary N) is 2. The van der Waals surface area contributed by atoms with Crippen LogP contribution in [0.15, 0.2) is 0 Å². The van der Waals surface area contributed by atoms with E-state index in [0.29, 0.717) is 32.7 Å². The van der Waals surface area contributed by atoms with Gasteiger partial charge in [-0.25, -0.2) is 0 Å². The quantitative estimate of drug-likeness (QED) is 0.553. The normalized spacial score (nSPS) is 25.8. The molecule has 1 fully saturated rings. The van der Waals surface area contributed by atoms with Crippen LogP contribution < -0.4 is 10.6 Å². The second-order valence-corrected chi connectivity index (χ2v) is 4.77. The SMILES string of the molecule is CCCCNC(=O)C(C)NCC1(O)CCOC1. The molecule has 17 heavy (non-hydrogen) atoms. The van der Waals surface area contributed by atoms with Gasteiger partial charge in [0.15, 0.2) is 0 Å². The van der Waals surface area contributed by atoms with E-state index in [2.05, 4.69) is 17.6 Å². The van der Waals surface area contributed by atoms with Crippen LogP contribution in [0.5, 0.6) is 0 Å². The third kappa shape index (κ3) is 5.02. The van der Waals surface area contributed by atoms with Gasteiger partial charge in [-0.1, -0.05) is 13.3 Å². The van der Waals surface area contributed by atoms with Gasteiger partial charge in [0.25, 0.3) is 0 Å². The molecule has 2 unspecified atom stereocenters. The van der Waals surface area contributed by atoms with Crippen molar-refractivity contribution < 1.29 is 14.6 Å². The largest absolute Gasteiger partial charge is 0.386 e. The van der Waals surface area contributed by atoms with Gasteiger partial charge in [-0.05, 0) is 13.3 Å². The summed E-state index contributed by atoms with van der Waals surface area (Å²) in [5.41, 5.74) is -0.808. The van der Waals surface area contributed by atoms with E-state index >= 15 is 0 Å². The molecule has 0 aromatic rings. The molecular weight excluding hydrogens is 220 g/mol. The number of carbonyl (C=O) groups excluding carboxylic acids is 1. The smallest absolute Gasteiger partial charge is 0.236 e. The standard InChI is InChI=1S/C12H24N2O3/c1-3-4-6-13-11(15)10(2)14-8-12(16)5-7-17-9-12/h10,14,16H,3-9H2,1-2H3,(H,13,15). The Hall–Kier alpha value is -0.650. The summed E-state index contributed by atoms with van der Waals surface area (Å²) in [5, 5.41) is 15.9. The fourth-order valence-corrected chi connectivity index (χ4v) is 1.71. The van der Waals surface area contributed by atoms with Crippen LogP contribution in [0.1, 0.15) is 33.1 Å². The van der Waals surface area contributed by atoms with Crippen LogP contribution in [-0.2, 0) is 9.53 Å². The maximum absolute atomic E-state index is 11.6. The number of carbonyl (C=O) groups is 1. The highest BCUT2D eigenvalue weighted by molar-refractivity contribution is 5.81. The van der Waals surface area contributed by atoms with Gasteiger partial charge in [0.05, 0.1) is 12.6 Å². The number of hydrogen-bond acceptors (Lipinski definition) is 4. The van der Waals surface area contributed by atoms with Crippen LogP contribution in [0.4, 0.5) is 0 Å². The van der Waals surface area contributed by atoms with Crippen molar-refractivity contribution >= 4 is 5.91 Å². The molecule has 0 radical (unpaired) electrons. The molecule has 0 bridgehead atoms. The second-order valence-electron chi connectivity index (χ2n) is 4.77. The summed E-state index contributed by atoms with van der Waals surface area (Å²) in [6, 6.07) is -0.281. The zero-order valence-electron chi connectivity index (χ0n) is 10.8. The molecule has 1 rings (SSSR count). The molecule has 0 aliphatic carbocycles. The fourth-order valence-electron chi connectivity index (χ4n) is 1.71. The lowest BCUT2D eigenvalue weighted by atomic mass is 10.0. The van der Waals surface area contributed by atoms with E-state index in [9.17, 15) is 9.90 Å². The molecule has 100 valence electrons. The summed E-state index contributed by atoms with van der Waals surface area (Å²) in [6.45, 7) is 5.95. The summed E-state index contributed by atoms with van der Waals surface area (Å²) >= 11 is 0. The van der Waals surface area contributed by atoms with E-state index in [1.807, 2.05) is 0 Å². The molecule has 2 atom stereocenters. The molecule has 5 heteroatoms. The monoisotopic (exact) mass is 244 g/mol. The lowest BCUT2D eigenvalue weighted by Crippen LogP contribution is -2.49. The molecule has 0 saturated carbocycles. The van der Waals surface area contributed by atoms with Crippen LogP contribution in [0.3, 0.4) is 0 Å².